The van der Waals surface area contributed by atoms with E-state index >= 15 is 0 Å². The van der Waals surface area contributed by atoms with Crippen molar-refractivity contribution in [3.8, 4) is 11.8 Å². The molecule has 0 aliphatic carbocycles. The Bertz CT molecular complexity index is 926. The van der Waals surface area contributed by atoms with Crippen molar-refractivity contribution in [2.45, 2.75) is 19.5 Å². The van der Waals surface area contributed by atoms with Crippen molar-refractivity contribution in [3.05, 3.63) is 60.4 Å². The molecule has 1 atom stereocenters. The average molecular weight is 334 g/mol. The van der Waals surface area contributed by atoms with Crippen molar-refractivity contribution in [2.24, 2.45) is 0 Å². The molecule has 1 amide bonds. The van der Waals surface area contributed by atoms with Crippen LogP contribution in [0.2, 0.25) is 0 Å². The summed E-state index contributed by atoms with van der Waals surface area (Å²) in [6.45, 7) is 2.23. The van der Waals surface area contributed by atoms with E-state index < -0.39 is 0 Å². The van der Waals surface area contributed by atoms with Gasteiger partial charge >= 0.3 is 0 Å². The third kappa shape index (κ3) is 3.78. The molecule has 126 valence electrons. The van der Waals surface area contributed by atoms with E-state index in [4.69, 9.17) is 10.00 Å². The molecule has 1 aromatic heterocycles. The molecule has 0 saturated heterocycles. The third-order valence-corrected chi connectivity index (χ3v) is 3.95. The number of para-hydroxylation sites is 2. The Morgan fingerprint density at radius 2 is 2.16 bits per heavy atom. The Morgan fingerprint density at radius 1 is 1.32 bits per heavy atom. The predicted octanol–water partition coefficient (Wildman–Crippen LogP) is 2.82. The number of aromatic nitrogens is 2. The van der Waals surface area contributed by atoms with Crippen LogP contribution in [0.5, 0.6) is 5.75 Å². The van der Waals surface area contributed by atoms with Crippen LogP contribution in [0.25, 0.3) is 11.0 Å². The number of fused-ring (bicyclic) bond motifs is 1. The topological polar surface area (TPSA) is 79.9 Å². The largest absolute Gasteiger partial charge is 0.479 e. The number of imidazole rings is 1. The van der Waals surface area contributed by atoms with Crippen molar-refractivity contribution >= 4 is 16.9 Å². The Kier molecular flexibility index (Phi) is 4.95. The van der Waals surface area contributed by atoms with Gasteiger partial charge in [0.25, 0.3) is 0 Å². The van der Waals surface area contributed by atoms with Gasteiger partial charge in [0, 0.05) is 6.54 Å². The molecule has 1 unspecified atom stereocenters. The number of rotatable bonds is 6. The number of carbonyl (C=O) groups is 1. The number of nitrogens with zero attached hydrogens (tertiary/aromatic N) is 3. The minimum Gasteiger partial charge on any atom is -0.479 e. The van der Waals surface area contributed by atoms with Gasteiger partial charge in [0.2, 0.25) is 5.91 Å². The Labute approximate surface area is 145 Å². The second-order valence-electron chi connectivity index (χ2n) is 5.63. The molecule has 6 heteroatoms. The quantitative estimate of drug-likeness (QED) is 0.752. The van der Waals surface area contributed by atoms with E-state index in [1.807, 2.05) is 60.0 Å². The van der Waals surface area contributed by atoms with Crippen molar-refractivity contribution in [3.63, 3.8) is 0 Å². The fourth-order valence-corrected chi connectivity index (χ4v) is 2.61. The van der Waals surface area contributed by atoms with Gasteiger partial charge in [-0.25, -0.2) is 4.98 Å². The standard InChI is InChI=1S/C19H18N4O2/c1-14(23-13-22-17-7-2-3-8-18(17)23)19(24)21-12-15-5-4-6-16(11-15)25-10-9-20/h2-8,11,13-14H,10,12H2,1H3,(H,21,24). The molecule has 25 heavy (non-hydrogen) atoms. The van der Waals surface area contributed by atoms with Gasteiger partial charge in [-0.15, -0.1) is 0 Å². The third-order valence-electron chi connectivity index (χ3n) is 3.95. The van der Waals surface area contributed by atoms with Gasteiger partial charge in [-0.05, 0) is 36.8 Å². The van der Waals surface area contributed by atoms with Crippen LogP contribution in [-0.2, 0) is 11.3 Å². The summed E-state index contributed by atoms with van der Waals surface area (Å²) in [5.74, 6) is 0.522. The van der Waals surface area contributed by atoms with Crippen LogP contribution < -0.4 is 10.1 Å². The number of nitriles is 1. The number of nitrogens with one attached hydrogen (secondary N) is 1. The Morgan fingerprint density at radius 3 is 3.00 bits per heavy atom. The summed E-state index contributed by atoms with van der Waals surface area (Å²) >= 11 is 0. The molecule has 0 bridgehead atoms. The lowest BCUT2D eigenvalue weighted by Crippen LogP contribution is -2.30. The van der Waals surface area contributed by atoms with Gasteiger partial charge in [0.1, 0.15) is 17.9 Å². The summed E-state index contributed by atoms with van der Waals surface area (Å²) in [7, 11) is 0. The van der Waals surface area contributed by atoms with Gasteiger partial charge < -0.3 is 14.6 Å². The van der Waals surface area contributed by atoms with E-state index in [-0.39, 0.29) is 18.6 Å². The molecule has 0 radical (unpaired) electrons. The molecule has 3 aromatic rings. The number of carbonyl (C=O) groups excluding carboxylic acids is 1. The van der Waals surface area contributed by atoms with E-state index in [0.717, 1.165) is 16.6 Å². The van der Waals surface area contributed by atoms with Crippen molar-refractivity contribution in [1.29, 1.82) is 5.26 Å². The fourth-order valence-electron chi connectivity index (χ4n) is 2.61. The summed E-state index contributed by atoms with van der Waals surface area (Å²) in [6, 6.07) is 16.6. The minimum atomic E-state index is -0.370. The van der Waals surface area contributed by atoms with Crippen LogP contribution in [0.4, 0.5) is 0 Å². The van der Waals surface area contributed by atoms with Crippen LogP contribution in [0.1, 0.15) is 18.5 Å². The van der Waals surface area contributed by atoms with Gasteiger partial charge in [-0.2, -0.15) is 5.26 Å². The normalized spacial score (nSPS) is 11.7. The van der Waals surface area contributed by atoms with Crippen molar-refractivity contribution in [2.75, 3.05) is 6.61 Å². The molecule has 0 aliphatic rings. The zero-order valence-corrected chi connectivity index (χ0v) is 13.8. The lowest BCUT2D eigenvalue weighted by molar-refractivity contribution is -0.123. The first-order chi connectivity index (χ1) is 12.2. The first-order valence-corrected chi connectivity index (χ1v) is 7.97. The average Bonchev–Trinajstić information content (AvgIpc) is 3.08. The first kappa shape index (κ1) is 16.5. The van der Waals surface area contributed by atoms with Crippen LogP contribution in [0.15, 0.2) is 54.9 Å². The molecule has 2 aromatic carbocycles. The summed E-state index contributed by atoms with van der Waals surface area (Å²) < 4.78 is 7.13. The summed E-state index contributed by atoms with van der Waals surface area (Å²) in [6.07, 6.45) is 1.69. The Hall–Kier alpha value is -3.33. The van der Waals surface area contributed by atoms with Crippen LogP contribution in [-0.4, -0.2) is 22.1 Å². The van der Waals surface area contributed by atoms with Gasteiger partial charge in [0.05, 0.1) is 17.4 Å². The monoisotopic (exact) mass is 334 g/mol. The van der Waals surface area contributed by atoms with E-state index in [2.05, 4.69) is 10.3 Å². The summed E-state index contributed by atoms with van der Waals surface area (Å²) in [5.41, 5.74) is 2.70. The molecule has 1 N–H and O–H groups in total. The Balaban J connectivity index is 1.65. The van der Waals surface area contributed by atoms with Gasteiger partial charge in [0.15, 0.2) is 6.61 Å². The zero-order chi connectivity index (χ0) is 17.6. The smallest absolute Gasteiger partial charge is 0.243 e. The summed E-state index contributed by atoms with van der Waals surface area (Å²) in [5, 5.41) is 11.5. The maximum Gasteiger partial charge on any atom is 0.243 e. The minimum absolute atomic E-state index is 0.000546. The summed E-state index contributed by atoms with van der Waals surface area (Å²) in [4.78, 5) is 16.8. The highest BCUT2D eigenvalue weighted by atomic mass is 16.5. The molecule has 0 saturated carbocycles. The second-order valence-corrected chi connectivity index (χ2v) is 5.63. The lowest BCUT2D eigenvalue weighted by atomic mass is 10.2. The van der Waals surface area contributed by atoms with E-state index in [0.29, 0.717) is 12.3 Å². The van der Waals surface area contributed by atoms with Crippen molar-refractivity contribution in [1.82, 2.24) is 14.9 Å². The zero-order valence-electron chi connectivity index (χ0n) is 13.8. The maximum absolute atomic E-state index is 12.5. The van der Waals surface area contributed by atoms with Gasteiger partial charge in [-0.1, -0.05) is 24.3 Å². The molecule has 3 rings (SSSR count). The molecular weight excluding hydrogens is 316 g/mol. The fraction of sp³-hybridized carbons (Fsp3) is 0.211. The molecular formula is C19H18N4O2. The highest BCUT2D eigenvalue weighted by molar-refractivity contribution is 5.83. The van der Waals surface area contributed by atoms with Crippen LogP contribution >= 0.6 is 0 Å². The highest BCUT2D eigenvalue weighted by Crippen LogP contribution is 2.18. The lowest BCUT2D eigenvalue weighted by Gasteiger charge is -2.15. The van der Waals surface area contributed by atoms with Gasteiger partial charge in [-0.3, -0.25) is 4.79 Å². The molecule has 0 spiro atoms. The van der Waals surface area contributed by atoms with Crippen LogP contribution in [0, 0.1) is 11.3 Å². The van der Waals surface area contributed by atoms with Crippen molar-refractivity contribution < 1.29 is 9.53 Å². The molecule has 0 aliphatic heterocycles. The SMILES string of the molecule is CC(C(=O)NCc1cccc(OCC#N)c1)n1cnc2ccccc21. The number of hydrogen-bond donors (Lipinski definition) is 1. The first-order valence-electron chi connectivity index (χ1n) is 7.97. The number of benzene rings is 2. The highest BCUT2D eigenvalue weighted by Gasteiger charge is 2.16. The molecule has 0 fully saturated rings. The number of amides is 1. The molecule has 1 heterocycles. The predicted molar refractivity (Wildman–Crippen MR) is 93.8 cm³/mol. The number of ether oxygens (including phenoxy) is 1. The molecule has 6 nitrogen and oxygen atoms in total. The van der Waals surface area contributed by atoms with E-state index in [9.17, 15) is 4.79 Å². The number of hydrogen-bond acceptors (Lipinski definition) is 4. The second kappa shape index (κ2) is 7.49. The van der Waals surface area contributed by atoms with E-state index in [1.165, 1.54) is 0 Å². The van der Waals surface area contributed by atoms with E-state index in [1.54, 1.807) is 12.4 Å². The van der Waals surface area contributed by atoms with Crippen LogP contribution in [0.3, 0.4) is 0 Å². The maximum atomic E-state index is 12.5.